The molecule has 0 fully saturated rings. The molecule has 0 aliphatic rings. The third-order valence-electron chi connectivity index (χ3n) is 2.73. The van der Waals surface area contributed by atoms with Gasteiger partial charge in [0.25, 0.3) is 5.91 Å². The van der Waals surface area contributed by atoms with E-state index in [2.05, 4.69) is 5.32 Å². The van der Waals surface area contributed by atoms with Crippen LogP contribution < -0.4 is 15.4 Å². The van der Waals surface area contributed by atoms with Crippen molar-refractivity contribution < 1.29 is 23.9 Å². The Morgan fingerprint density at radius 3 is 2.45 bits per heavy atom. The van der Waals surface area contributed by atoms with Gasteiger partial charge in [-0.05, 0) is 17.5 Å². The van der Waals surface area contributed by atoms with E-state index in [0.29, 0.717) is 5.75 Å². The first-order valence-corrected chi connectivity index (χ1v) is 6.83. The largest absolute Gasteiger partial charge is 0.482 e. The summed E-state index contributed by atoms with van der Waals surface area (Å²) in [5.41, 5.74) is 0.979. The minimum atomic E-state index is -0.713. The molecule has 7 heteroatoms. The van der Waals surface area contributed by atoms with Gasteiger partial charge in [-0.15, -0.1) is 0 Å². The van der Waals surface area contributed by atoms with E-state index < -0.39 is 24.5 Å². The quantitative estimate of drug-likeness (QED) is 0.770. The van der Waals surface area contributed by atoms with Gasteiger partial charge in [0.1, 0.15) is 5.75 Å². The van der Waals surface area contributed by atoms with Crippen LogP contribution in [-0.4, -0.2) is 38.2 Å². The molecule has 0 saturated carbocycles. The lowest BCUT2D eigenvalue weighted by molar-refractivity contribution is -0.150. The monoisotopic (exact) mass is 308 g/mol. The number of imide groups is 1. The lowest BCUT2D eigenvalue weighted by Crippen LogP contribution is -2.40. The van der Waals surface area contributed by atoms with Crippen molar-refractivity contribution in [3.63, 3.8) is 0 Å². The van der Waals surface area contributed by atoms with Gasteiger partial charge in [-0.3, -0.25) is 10.1 Å². The maximum absolute atomic E-state index is 11.5. The number of carbonyl (C=O) groups is 3. The molecule has 0 aromatic heterocycles. The smallest absolute Gasteiger partial charge is 0.344 e. The number of esters is 1. The number of ether oxygens (including phenoxy) is 2. The summed E-state index contributed by atoms with van der Waals surface area (Å²) in [5, 5.41) is 4.19. The summed E-state index contributed by atoms with van der Waals surface area (Å²) in [5.74, 6) is -0.546. The van der Waals surface area contributed by atoms with Gasteiger partial charge in [-0.2, -0.15) is 0 Å². The second kappa shape index (κ2) is 8.66. The van der Waals surface area contributed by atoms with Gasteiger partial charge in [0.15, 0.2) is 13.2 Å². The molecule has 1 aromatic rings. The lowest BCUT2D eigenvalue weighted by Gasteiger charge is -2.13. The molecule has 0 heterocycles. The van der Waals surface area contributed by atoms with Gasteiger partial charge < -0.3 is 14.8 Å². The molecule has 0 unspecified atom stereocenters. The van der Waals surface area contributed by atoms with Crippen LogP contribution in [-0.2, 0) is 14.3 Å². The highest BCUT2D eigenvalue weighted by atomic mass is 16.6. The standard InChI is InChI=1S/C15H20N2O5/c1-10(2)11-6-4-5-7-12(11)21-9-14(19)22-8-13(18)17-15(20)16-3/h4-7,10H,8-9H2,1-3H3,(H2,16,17,18,20). The van der Waals surface area contributed by atoms with Gasteiger partial charge in [-0.25, -0.2) is 9.59 Å². The Hall–Kier alpha value is -2.57. The molecule has 2 N–H and O–H groups in total. The summed E-state index contributed by atoms with van der Waals surface area (Å²) < 4.78 is 10.1. The number of para-hydroxylation sites is 1. The van der Waals surface area contributed by atoms with Gasteiger partial charge in [0, 0.05) is 7.05 Å². The lowest BCUT2D eigenvalue weighted by atomic mass is 10.0. The van der Waals surface area contributed by atoms with Crippen LogP contribution in [0.2, 0.25) is 0 Å². The number of hydrogen-bond donors (Lipinski definition) is 2. The average molecular weight is 308 g/mol. The zero-order valence-corrected chi connectivity index (χ0v) is 12.8. The van der Waals surface area contributed by atoms with E-state index in [1.54, 1.807) is 6.07 Å². The first-order chi connectivity index (χ1) is 10.4. The summed E-state index contributed by atoms with van der Waals surface area (Å²) >= 11 is 0. The third-order valence-corrected chi connectivity index (χ3v) is 2.73. The number of nitrogens with one attached hydrogen (secondary N) is 2. The van der Waals surface area contributed by atoms with E-state index in [0.717, 1.165) is 5.56 Å². The summed E-state index contributed by atoms with van der Waals surface area (Å²) in [7, 11) is 1.37. The molecule has 0 aliphatic heterocycles. The highest BCUT2D eigenvalue weighted by Crippen LogP contribution is 2.25. The molecule has 120 valence electrons. The van der Waals surface area contributed by atoms with Crippen molar-refractivity contribution in [2.75, 3.05) is 20.3 Å². The molecule has 0 aliphatic carbocycles. The van der Waals surface area contributed by atoms with Crippen molar-refractivity contribution in [2.24, 2.45) is 0 Å². The second-order valence-electron chi connectivity index (χ2n) is 4.77. The topological polar surface area (TPSA) is 93.7 Å². The zero-order valence-electron chi connectivity index (χ0n) is 12.8. The number of amides is 3. The fourth-order valence-electron chi connectivity index (χ4n) is 1.64. The number of rotatable bonds is 6. The molecule has 7 nitrogen and oxygen atoms in total. The maximum Gasteiger partial charge on any atom is 0.344 e. The van der Waals surface area contributed by atoms with E-state index in [4.69, 9.17) is 9.47 Å². The van der Waals surface area contributed by atoms with Crippen LogP contribution >= 0.6 is 0 Å². The van der Waals surface area contributed by atoms with E-state index in [1.807, 2.05) is 37.4 Å². The summed E-state index contributed by atoms with van der Waals surface area (Å²) in [4.78, 5) is 33.6. The first-order valence-electron chi connectivity index (χ1n) is 6.83. The maximum atomic E-state index is 11.5. The van der Waals surface area contributed by atoms with Crippen molar-refractivity contribution in [2.45, 2.75) is 19.8 Å². The highest BCUT2D eigenvalue weighted by Gasteiger charge is 2.12. The number of carbonyl (C=O) groups excluding carboxylic acids is 3. The van der Waals surface area contributed by atoms with Crippen molar-refractivity contribution in [1.29, 1.82) is 0 Å². The molecule has 0 spiro atoms. The Morgan fingerprint density at radius 1 is 1.14 bits per heavy atom. The molecular formula is C15H20N2O5. The fraction of sp³-hybridized carbons (Fsp3) is 0.400. The van der Waals surface area contributed by atoms with Crippen LogP contribution in [0.15, 0.2) is 24.3 Å². The second-order valence-corrected chi connectivity index (χ2v) is 4.77. The Morgan fingerprint density at radius 2 is 1.82 bits per heavy atom. The van der Waals surface area contributed by atoms with E-state index in [-0.39, 0.29) is 12.5 Å². The molecule has 1 rings (SSSR count). The summed E-state index contributed by atoms with van der Waals surface area (Å²) in [6.07, 6.45) is 0. The molecule has 1 aromatic carbocycles. The minimum absolute atomic E-state index is 0.255. The molecule has 3 amide bonds. The summed E-state index contributed by atoms with van der Waals surface area (Å²) in [6.45, 7) is 3.19. The number of urea groups is 1. The van der Waals surface area contributed by atoms with E-state index >= 15 is 0 Å². The predicted octanol–water partition coefficient (Wildman–Crippen LogP) is 1.19. The Bertz CT molecular complexity index is 542. The Balaban J connectivity index is 2.41. The molecule has 0 bridgehead atoms. The van der Waals surface area contributed by atoms with Crippen molar-refractivity contribution >= 4 is 17.9 Å². The average Bonchev–Trinajstić information content (AvgIpc) is 2.50. The van der Waals surface area contributed by atoms with Gasteiger partial charge in [0.05, 0.1) is 0 Å². The molecule has 22 heavy (non-hydrogen) atoms. The van der Waals surface area contributed by atoms with Gasteiger partial charge in [-0.1, -0.05) is 32.0 Å². The van der Waals surface area contributed by atoms with E-state index in [9.17, 15) is 14.4 Å². The molecular weight excluding hydrogens is 288 g/mol. The van der Waals surface area contributed by atoms with Crippen LogP contribution in [0.4, 0.5) is 4.79 Å². The third kappa shape index (κ3) is 5.82. The van der Waals surface area contributed by atoms with Crippen molar-refractivity contribution in [3.8, 4) is 5.75 Å². The normalized spacial score (nSPS) is 10.0. The van der Waals surface area contributed by atoms with Crippen LogP contribution in [0.5, 0.6) is 5.75 Å². The first kappa shape index (κ1) is 17.5. The Kier molecular flexibility index (Phi) is 6.88. The highest BCUT2D eigenvalue weighted by molar-refractivity contribution is 5.95. The molecule has 0 saturated heterocycles. The van der Waals surface area contributed by atoms with Gasteiger partial charge in [0.2, 0.25) is 0 Å². The van der Waals surface area contributed by atoms with Crippen molar-refractivity contribution in [3.05, 3.63) is 29.8 Å². The Labute approximate surface area is 129 Å². The fourth-order valence-corrected chi connectivity index (χ4v) is 1.64. The predicted molar refractivity (Wildman–Crippen MR) is 79.6 cm³/mol. The summed E-state index contributed by atoms with van der Waals surface area (Å²) in [6, 6.07) is 6.72. The van der Waals surface area contributed by atoms with Crippen LogP contribution in [0.3, 0.4) is 0 Å². The van der Waals surface area contributed by atoms with Gasteiger partial charge >= 0.3 is 12.0 Å². The van der Waals surface area contributed by atoms with Crippen LogP contribution in [0.25, 0.3) is 0 Å². The van der Waals surface area contributed by atoms with E-state index in [1.165, 1.54) is 7.05 Å². The zero-order chi connectivity index (χ0) is 16.5. The molecule has 0 atom stereocenters. The number of hydrogen-bond acceptors (Lipinski definition) is 5. The minimum Gasteiger partial charge on any atom is -0.482 e. The number of benzene rings is 1. The van der Waals surface area contributed by atoms with Crippen LogP contribution in [0, 0.1) is 0 Å². The molecule has 0 radical (unpaired) electrons. The van der Waals surface area contributed by atoms with Crippen molar-refractivity contribution in [1.82, 2.24) is 10.6 Å². The SMILES string of the molecule is CNC(=O)NC(=O)COC(=O)COc1ccccc1C(C)C. The van der Waals surface area contributed by atoms with Crippen LogP contribution in [0.1, 0.15) is 25.3 Å².